The minimum Gasteiger partial charge on any atom is -0.497 e. The van der Waals surface area contributed by atoms with Gasteiger partial charge in [-0.15, -0.1) is 0 Å². The van der Waals surface area contributed by atoms with E-state index < -0.39 is 17.6 Å². The van der Waals surface area contributed by atoms with Crippen molar-refractivity contribution < 1.29 is 18.7 Å². The second-order valence-electron chi connectivity index (χ2n) is 6.06. The number of nitrogens with zero attached hydrogens (tertiary/aromatic N) is 1. The summed E-state index contributed by atoms with van der Waals surface area (Å²) < 4.78 is 20.8. The zero-order valence-corrected chi connectivity index (χ0v) is 14.5. The van der Waals surface area contributed by atoms with Crippen LogP contribution < -0.4 is 10.1 Å². The van der Waals surface area contributed by atoms with Gasteiger partial charge in [0.05, 0.1) is 23.8 Å². The van der Waals surface area contributed by atoms with Gasteiger partial charge >= 0.3 is 0 Å². The highest BCUT2D eigenvalue weighted by Crippen LogP contribution is 2.37. The molecule has 2 amide bonds. The summed E-state index contributed by atoms with van der Waals surface area (Å²) in [4.78, 5) is 25.1. The van der Waals surface area contributed by atoms with Crippen LogP contribution in [0.3, 0.4) is 0 Å². The van der Waals surface area contributed by atoms with Crippen molar-refractivity contribution in [3.8, 4) is 5.75 Å². The summed E-state index contributed by atoms with van der Waals surface area (Å²) in [5, 5.41) is 2.86. The third-order valence-corrected chi connectivity index (χ3v) is 4.55. The van der Waals surface area contributed by atoms with Gasteiger partial charge in [-0.25, -0.2) is 4.39 Å². The first-order valence-electron chi connectivity index (χ1n) is 8.21. The molecule has 1 N–H and O–H groups in total. The minimum absolute atomic E-state index is 0.199. The number of hydrogen-bond acceptors (Lipinski definition) is 3. The highest BCUT2D eigenvalue weighted by Gasteiger charge is 2.34. The van der Waals surface area contributed by atoms with Gasteiger partial charge in [-0.3, -0.25) is 14.9 Å². The molecule has 6 heteroatoms. The molecule has 134 valence electrons. The number of carbonyl (C=O) groups is 2. The molecule has 0 atom stereocenters. The molecule has 0 fully saturated rings. The number of imide groups is 1. The van der Waals surface area contributed by atoms with Crippen LogP contribution in [-0.2, 0) is 9.59 Å². The average molecular weight is 362 g/mol. The van der Waals surface area contributed by atoms with Crippen molar-refractivity contribution in [3.63, 3.8) is 0 Å². The standard InChI is InChI=1S/C21H15FN2O3/c1-3-24-11-16(15-10-13(22)7-8-17(15)24)19-18(20(25)23-21(19)26)12-5-4-6-14(9-12)27-2/h3-11H,1H2,2H3,(H,23,25,26). The van der Waals surface area contributed by atoms with E-state index in [1.165, 1.54) is 19.2 Å². The highest BCUT2D eigenvalue weighted by molar-refractivity contribution is 6.50. The fourth-order valence-corrected chi connectivity index (χ4v) is 3.34. The number of benzene rings is 2. The molecule has 3 aromatic rings. The average Bonchev–Trinajstić information content (AvgIpc) is 3.17. The zero-order chi connectivity index (χ0) is 19.1. The van der Waals surface area contributed by atoms with Gasteiger partial charge in [0.15, 0.2) is 0 Å². The summed E-state index contributed by atoms with van der Waals surface area (Å²) in [6.07, 6.45) is 3.23. The van der Waals surface area contributed by atoms with E-state index in [0.29, 0.717) is 27.8 Å². The lowest BCUT2D eigenvalue weighted by Gasteiger charge is -2.06. The Morgan fingerprint density at radius 2 is 1.89 bits per heavy atom. The van der Waals surface area contributed by atoms with Gasteiger partial charge in [0.1, 0.15) is 11.6 Å². The lowest BCUT2D eigenvalue weighted by Crippen LogP contribution is -2.22. The molecule has 4 rings (SSSR count). The maximum absolute atomic E-state index is 13.9. The second-order valence-corrected chi connectivity index (χ2v) is 6.06. The van der Waals surface area contributed by atoms with Crippen LogP contribution in [0.5, 0.6) is 5.75 Å². The van der Waals surface area contributed by atoms with Gasteiger partial charge in [0.2, 0.25) is 0 Å². The maximum Gasteiger partial charge on any atom is 0.259 e. The molecular weight excluding hydrogens is 347 g/mol. The summed E-state index contributed by atoms with van der Waals surface area (Å²) in [7, 11) is 1.52. The Hall–Kier alpha value is -3.67. The number of hydrogen-bond donors (Lipinski definition) is 1. The summed E-state index contributed by atoms with van der Waals surface area (Å²) in [5.74, 6) is -0.894. The summed E-state index contributed by atoms with van der Waals surface area (Å²) in [5.41, 5.74) is 2.12. The Morgan fingerprint density at radius 3 is 2.63 bits per heavy atom. The molecule has 5 nitrogen and oxygen atoms in total. The van der Waals surface area contributed by atoms with Crippen LogP contribution in [0.25, 0.3) is 28.2 Å². The number of carbonyl (C=O) groups excluding carboxylic acids is 2. The lowest BCUT2D eigenvalue weighted by atomic mass is 9.96. The number of aromatic nitrogens is 1. The first-order valence-corrected chi connectivity index (χ1v) is 8.21. The smallest absolute Gasteiger partial charge is 0.259 e. The lowest BCUT2D eigenvalue weighted by molar-refractivity contribution is -0.122. The van der Waals surface area contributed by atoms with Gasteiger partial charge in [0.25, 0.3) is 11.8 Å². The molecule has 0 saturated heterocycles. The number of methoxy groups -OCH3 is 1. The molecule has 0 saturated carbocycles. The van der Waals surface area contributed by atoms with Gasteiger partial charge in [-0.05, 0) is 35.9 Å². The number of ether oxygens (including phenoxy) is 1. The largest absolute Gasteiger partial charge is 0.497 e. The van der Waals surface area contributed by atoms with Gasteiger partial charge in [-0.1, -0.05) is 18.7 Å². The first kappa shape index (κ1) is 16.8. The Morgan fingerprint density at radius 1 is 1.11 bits per heavy atom. The van der Waals surface area contributed by atoms with E-state index in [0.717, 1.165) is 0 Å². The molecule has 0 unspecified atom stereocenters. The van der Waals surface area contributed by atoms with E-state index in [-0.39, 0.29) is 11.1 Å². The molecule has 1 aromatic heterocycles. The molecule has 0 bridgehead atoms. The van der Waals surface area contributed by atoms with E-state index in [2.05, 4.69) is 11.9 Å². The van der Waals surface area contributed by atoms with Crippen molar-refractivity contribution in [2.45, 2.75) is 0 Å². The Kier molecular flexibility index (Phi) is 3.88. The molecule has 1 aliphatic rings. The SMILES string of the molecule is C=Cn1cc(C2=C(c3cccc(OC)c3)C(=O)NC2=O)c2cc(F)ccc21. The molecule has 0 aliphatic carbocycles. The third-order valence-electron chi connectivity index (χ3n) is 4.55. The van der Waals surface area contributed by atoms with Crippen molar-refractivity contribution >= 4 is 40.1 Å². The number of rotatable bonds is 4. The van der Waals surface area contributed by atoms with Crippen molar-refractivity contribution in [1.29, 1.82) is 0 Å². The van der Waals surface area contributed by atoms with Crippen LogP contribution in [0, 0.1) is 5.82 Å². The summed E-state index contributed by atoms with van der Waals surface area (Å²) >= 11 is 0. The minimum atomic E-state index is -0.523. The Labute approximate surface area is 154 Å². The summed E-state index contributed by atoms with van der Waals surface area (Å²) in [6, 6.07) is 11.2. The van der Waals surface area contributed by atoms with E-state index >= 15 is 0 Å². The normalized spacial score (nSPS) is 14.0. The van der Waals surface area contributed by atoms with Crippen LogP contribution in [0.1, 0.15) is 11.1 Å². The Balaban J connectivity index is 2.05. The first-order chi connectivity index (χ1) is 13.0. The summed E-state index contributed by atoms with van der Waals surface area (Å²) in [6.45, 7) is 3.75. The fraction of sp³-hybridized carbons (Fsp3) is 0.0476. The molecule has 0 spiro atoms. The number of nitrogens with one attached hydrogen (secondary N) is 1. The third kappa shape index (κ3) is 2.62. The van der Waals surface area contributed by atoms with Gasteiger partial charge < -0.3 is 9.30 Å². The quantitative estimate of drug-likeness (QED) is 0.723. The maximum atomic E-state index is 13.9. The van der Waals surface area contributed by atoms with Crippen LogP contribution in [0.15, 0.2) is 55.2 Å². The molecule has 2 aromatic carbocycles. The number of amides is 2. The molecule has 27 heavy (non-hydrogen) atoms. The van der Waals surface area contributed by atoms with Crippen LogP contribution >= 0.6 is 0 Å². The molecule has 1 aliphatic heterocycles. The van der Waals surface area contributed by atoms with Crippen molar-refractivity contribution in [2.24, 2.45) is 0 Å². The second kappa shape index (κ2) is 6.25. The van der Waals surface area contributed by atoms with Crippen LogP contribution in [-0.4, -0.2) is 23.5 Å². The van der Waals surface area contributed by atoms with E-state index in [9.17, 15) is 14.0 Å². The predicted octanol–water partition coefficient (Wildman–Crippen LogP) is 3.46. The van der Waals surface area contributed by atoms with E-state index in [4.69, 9.17) is 4.74 Å². The van der Waals surface area contributed by atoms with E-state index in [1.54, 1.807) is 47.3 Å². The van der Waals surface area contributed by atoms with E-state index in [1.807, 2.05) is 0 Å². The van der Waals surface area contributed by atoms with Crippen LogP contribution in [0.2, 0.25) is 0 Å². The van der Waals surface area contributed by atoms with Gasteiger partial charge in [-0.2, -0.15) is 0 Å². The molecule has 0 radical (unpaired) electrons. The van der Waals surface area contributed by atoms with Crippen molar-refractivity contribution in [1.82, 2.24) is 9.88 Å². The van der Waals surface area contributed by atoms with Crippen molar-refractivity contribution in [3.05, 3.63) is 72.2 Å². The Bertz CT molecular complexity index is 1160. The number of halogens is 1. The monoisotopic (exact) mass is 362 g/mol. The fourth-order valence-electron chi connectivity index (χ4n) is 3.34. The molecular formula is C21H15FN2O3. The van der Waals surface area contributed by atoms with Crippen molar-refractivity contribution in [2.75, 3.05) is 7.11 Å². The highest BCUT2D eigenvalue weighted by atomic mass is 19.1. The van der Waals surface area contributed by atoms with Gasteiger partial charge in [0, 0.05) is 23.3 Å². The van der Waals surface area contributed by atoms with Crippen LogP contribution in [0.4, 0.5) is 4.39 Å². The number of fused-ring (bicyclic) bond motifs is 1. The molecule has 2 heterocycles. The zero-order valence-electron chi connectivity index (χ0n) is 14.5. The topological polar surface area (TPSA) is 60.3 Å². The predicted molar refractivity (Wildman–Crippen MR) is 101 cm³/mol.